The van der Waals surface area contributed by atoms with Gasteiger partial charge in [-0.2, -0.15) is 5.10 Å². The fourth-order valence-electron chi connectivity index (χ4n) is 2.49. The Balaban J connectivity index is 1.69. The number of hydrogen-bond donors (Lipinski definition) is 1. The van der Waals surface area contributed by atoms with Gasteiger partial charge in [0.15, 0.2) is 5.17 Å². The van der Waals surface area contributed by atoms with E-state index in [1.54, 1.807) is 19.1 Å². The van der Waals surface area contributed by atoms with Crippen molar-refractivity contribution < 1.29 is 9.18 Å². The molecule has 1 atom stereocenters. The fraction of sp³-hybridized carbons (Fsp3) is 0.211. The predicted molar refractivity (Wildman–Crippen MR) is 100 cm³/mol. The lowest BCUT2D eigenvalue weighted by molar-refractivity contribution is -0.118. The van der Waals surface area contributed by atoms with E-state index in [4.69, 9.17) is 0 Å². The summed E-state index contributed by atoms with van der Waals surface area (Å²) in [6, 6.07) is 14.1. The molecule has 1 heterocycles. The van der Waals surface area contributed by atoms with E-state index in [0.717, 1.165) is 11.1 Å². The van der Waals surface area contributed by atoms with E-state index < -0.39 is 0 Å². The lowest BCUT2D eigenvalue weighted by Gasteiger charge is -2.07. The smallest absolute Gasteiger partial charge is 0.239 e. The van der Waals surface area contributed by atoms with Crippen LogP contribution in [-0.4, -0.2) is 22.0 Å². The number of carbonyl (C=O) groups excluding carboxylic acids is 1. The van der Waals surface area contributed by atoms with Crippen LogP contribution in [-0.2, 0) is 11.2 Å². The molecule has 1 aliphatic rings. The topological polar surface area (TPSA) is 53.8 Å². The highest BCUT2D eigenvalue weighted by Crippen LogP contribution is 2.24. The summed E-state index contributed by atoms with van der Waals surface area (Å²) >= 11 is 1.38. The van der Waals surface area contributed by atoms with Crippen molar-refractivity contribution in [3.63, 3.8) is 0 Å². The van der Waals surface area contributed by atoms with Crippen molar-refractivity contribution >= 4 is 28.5 Å². The number of amidine groups is 1. The summed E-state index contributed by atoms with van der Waals surface area (Å²) in [5, 5.41) is 11.3. The van der Waals surface area contributed by atoms with Crippen LogP contribution in [0, 0.1) is 12.7 Å². The summed E-state index contributed by atoms with van der Waals surface area (Å²) in [4.78, 5) is 12.1. The number of aryl methyl sites for hydroxylation is 1. The van der Waals surface area contributed by atoms with E-state index in [2.05, 4.69) is 15.5 Å². The molecule has 2 aromatic carbocycles. The van der Waals surface area contributed by atoms with Crippen molar-refractivity contribution in [2.24, 2.45) is 10.2 Å². The monoisotopic (exact) mass is 355 g/mol. The molecule has 1 N–H and O–H groups in total. The highest BCUT2D eigenvalue weighted by molar-refractivity contribution is 8.15. The summed E-state index contributed by atoms with van der Waals surface area (Å²) in [7, 11) is 0. The number of thioether (sulfide) groups is 1. The van der Waals surface area contributed by atoms with Crippen LogP contribution < -0.4 is 5.32 Å². The number of rotatable bonds is 4. The van der Waals surface area contributed by atoms with Gasteiger partial charge in [-0.3, -0.25) is 4.79 Å². The Bertz CT molecular complexity index is 846. The summed E-state index contributed by atoms with van der Waals surface area (Å²) in [6.45, 7) is 3.84. The maximum atomic E-state index is 13.0. The van der Waals surface area contributed by atoms with E-state index in [-0.39, 0.29) is 17.0 Å². The number of benzene rings is 2. The molecule has 0 aliphatic carbocycles. The molecule has 0 saturated carbocycles. The van der Waals surface area contributed by atoms with Crippen molar-refractivity contribution in [1.29, 1.82) is 0 Å². The molecule has 2 aromatic rings. The summed E-state index contributed by atoms with van der Waals surface area (Å²) in [5.74, 6) is -0.345. The Hall–Kier alpha value is -2.47. The standard InChI is InChI=1S/C19H18FN3OS/c1-12-5-3-4-6-15(12)11-17-18(24)21-19(25-17)23-22-13(2)14-7-9-16(20)10-8-14/h3-10,17H,11H2,1-2H3,(H,21,23,24)/b22-13+. The second-order valence-corrected chi connectivity index (χ2v) is 7.02. The Morgan fingerprint density at radius 3 is 2.64 bits per heavy atom. The molecule has 4 nitrogen and oxygen atoms in total. The van der Waals surface area contributed by atoms with E-state index in [9.17, 15) is 9.18 Å². The third-order valence-electron chi connectivity index (χ3n) is 4.00. The van der Waals surface area contributed by atoms with Crippen LogP contribution in [0.25, 0.3) is 0 Å². The van der Waals surface area contributed by atoms with Gasteiger partial charge in [0.1, 0.15) is 5.82 Å². The van der Waals surface area contributed by atoms with Crippen LogP contribution in [0.5, 0.6) is 0 Å². The van der Waals surface area contributed by atoms with Crippen LogP contribution in [0.4, 0.5) is 4.39 Å². The Labute approximate surface area is 150 Å². The van der Waals surface area contributed by atoms with Crippen LogP contribution in [0.15, 0.2) is 58.7 Å². The number of nitrogens with one attached hydrogen (secondary N) is 1. The number of carbonyl (C=O) groups is 1. The minimum Gasteiger partial charge on any atom is -0.303 e. The van der Waals surface area contributed by atoms with Gasteiger partial charge in [-0.25, -0.2) is 4.39 Å². The van der Waals surface area contributed by atoms with E-state index in [1.807, 2.05) is 31.2 Å². The second kappa shape index (κ2) is 7.61. The van der Waals surface area contributed by atoms with Gasteiger partial charge in [0.05, 0.1) is 11.0 Å². The summed E-state index contributed by atoms with van der Waals surface area (Å²) in [6.07, 6.45) is 0.656. The minimum atomic E-state index is -0.291. The molecule has 0 radical (unpaired) electrons. The number of nitrogens with zero attached hydrogens (tertiary/aromatic N) is 2. The molecular formula is C19H18FN3OS. The molecular weight excluding hydrogens is 337 g/mol. The molecule has 1 saturated heterocycles. The van der Waals surface area contributed by atoms with E-state index in [0.29, 0.717) is 17.3 Å². The average Bonchev–Trinajstić information content (AvgIpc) is 2.95. The highest BCUT2D eigenvalue weighted by Gasteiger charge is 2.30. The first kappa shape index (κ1) is 17.4. The van der Waals surface area contributed by atoms with E-state index in [1.165, 1.54) is 29.5 Å². The lowest BCUT2D eigenvalue weighted by atomic mass is 10.0. The van der Waals surface area contributed by atoms with Crippen LogP contribution in [0.3, 0.4) is 0 Å². The predicted octanol–water partition coefficient (Wildman–Crippen LogP) is 3.69. The zero-order valence-electron chi connectivity index (χ0n) is 14.0. The van der Waals surface area contributed by atoms with Gasteiger partial charge in [-0.05, 0) is 49.1 Å². The number of amides is 1. The molecule has 6 heteroatoms. The number of halogens is 1. The van der Waals surface area contributed by atoms with Crippen molar-refractivity contribution in [2.75, 3.05) is 0 Å². The van der Waals surface area contributed by atoms with Gasteiger partial charge in [-0.1, -0.05) is 48.2 Å². The molecule has 0 spiro atoms. The van der Waals surface area contributed by atoms with Crippen LogP contribution in [0.1, 0.15) is 23.6 Å². The normalized spacial score (nSPS) is 19.3. The van der Waals surface area contributed by atoms with Gasteiger partial charge >= 0.3 is 0 Å². The maximum Gasteiger partial charge on any atom is 0.239 e. The lowest BCUT2D eigenvalue weighted by Crippen LogP contribution is -2.26. The van der Waals surface area contributed by atoms with Crippen molar-refractivity contribution in [2.45, 2.75) is 25.5 Å². The Morgan fingerprint density at radius 1 is 1.20 bits per heavy atom. The molecule has 1 amide bonds. The summed E-state index contributed by atoms with van der Waals surface area (Å²) < 4.78 is 13.0. The van der Waals surface area contributed by atoms with Crippen LogP contribution >= 0.6 is 11.8 Å². The zero-order valence-corrected chi connectivity index (χ0v) is 14.8. The third-order valence-corrected chi connectivity index (χ3v) is 5.07. The SMILES string of the molecule is C/C(=N\N=C1/NC(=O)C(Cc2ccccc2C)S1)c1ccc(F)cc1. The van der Waals surface area contributed by atoms with Crippen molar-refractivity contribution in [1.82, 2.24) is 5.32 Å². The fourth-order valence-corrected chi connectivity index (χ4v) is 3.44. The van der Waals surface area contributed by atoms with Crippen LogP contribution in [0.2, 0.25) is 0 Å². The van der Waals surface area contributed by atoms with Gasteiger partial charge in [0.25, 0.3) is 0 Å². The minimum absolute atomic E-state index is 0.0540. The Morgan fingerprint density at radius 2 is 1.92 bits per heavy atom. The van der Waals surface area contributed by atoms with Gasteiger partial charge < -0.3 is 5.32 Å². The molecule has 3 rings (SSSR count). The highest BCUT2D eigenvalue weighted by atomic mass is 32.2. The van der Waals surface area contributed by atoms with E-state index >= 15 is 0 Å². The molecule has 1 unspecified atom stereocenters. The zero-order chi connectivity index (χ0) is 17.8. The molecule has 1 aliphatic heterocycles. The molecule has 1 fully saturated rings. The van der Waals surface area contributed by atoms with Gasteiger partial charge in [0, 0.05) is 0 Å². The Kier molecular flexibility index (Phi) is 5.28. The molecule has 128 valence electrons. The summed E-state index contributed by atoms with van der Waals surface area (Å²) in [5.41, 5.74) is 3.77. The van der Waals surface area contributed by atoms with Gasteiger partial charge in [0.2, 0.25) is 5.91 Å². The maximum absolute atomic E-state index is 13.0. The first-order chi connectivity index (χ1) is 12.0. The molecule has 25 heavy (non-hydrogen) atoms. The average molecular weight is 355 g/mol. The molecule has 0 aromatic heterocycles. The largest absolute Gasteiger partial charge is 0.303 e. The second-order valence-electron chi connectivity index (χ2n) is 5.82. The first-order valence-electron chi connectivity index (χ1n) is 7.93. The van der Waals surface area contributed by atoms with Gasteiger partial charge in [-0.15, -0.1) is 5.10 Å². The van der Waals surface area contributed by atoms with Crippen molar-refractivity contribution in [3.8, 4) is 0 Å². The number of hydrogen-bond acceptors (Lipinski definition) is 4. The quantitative estimate of drug-likeness (QED) is 0.672. The molecule has 0 bridgehead atoms. The van der Waals surface area contributed by atoms with Crippen molar-refractivity contribution in [3.05, 3.63) is 71.0 Å². The first-order valence-corrected chi connectivity index (χ1v) is 8.81. The third kappa shape index (κ3) is 4.33.